The van der Waals surface area contributed by atoms with E-state index in [4.69, 9.17) is 4.74 Å². The molecule has 1 aromatic carbocycles. The van der Waals surface area contributed by atoms with Crippen LogP contribution in [0.2, 0.25) is 0 Å². The Kier molecular flexibility index (Phi) is 4.68. The van der Waals surface area contributed by atoms with E-state index in [1.807, 2.05) is 30.3 Å². The van der Waals surface area contributed by atoms with Crippen molar-refractivity contribution in [3.63, 3.8) is 0 Å². The Bertz CT molecular complexity index is 607. The molecule has 1 heterocycles. The van der Waals surface area contributed by atoms with E-state index >= 15 is 0 Å². The van der Waals surface area contributed by atoms with E-state index in [0.717, 1.165) is 10.5 Å². The summed E-state index contributed by atoms with van der Waals surface area (Å²) in [6, 6.07) is 12.3. The van der Waals surface area contributed by atoms with Crippen molar-refractivity contribution in [2.75, 3.05) is 11.9 Å². The average Bonchev–Trinajstić information content (AvgIpc) is 2.48. The molecule has 104 valence electrons. The first kappa shape index (κ1) is 14.5. The Morgan fingerprint density at radius 1 is 1.30 bits per heavy atom. The lowest BCUT2D eigenvalue weighted by Crippen LogP contribution is -2.28. The van der Waals surface area contributed by atoms with Gasteiger partial charge in [-0.15, -0.1) is 0 Å². The van der Waals surface area contributed by atoms with E-state index in [0.29, 0.717) is 0 Å². The van der Waals surface area contributed by atoms with Crippen molar-refractivity contribution in [1.29, 1.82) is 0 Å². The molecule has 0 spiro atoms. The van der Waals surface area contributed by atoms with E-state index in [1.165, 1.54) is 19.2 Å². The van der Waals surface area contributed by atoms with Gasteiger partial charge < -0.3 is 4.74 Å². The number of aromatic nitrogens is 1. The zero-order chi connectivity index (χ0) is 14.5. The maximum atomic E-state index is 13.3. The van der Waals surface area contributed by atoms with E-state index in [9.17, 15) is 9.18 Å². The summed E-state index contributed by atoms with van der Waals surface area (Å²) in [5.41, 5.74) is 0.879. The third-order valence-electron chi connectivity index (χ3n) is 2.61. The predicted octanol–water partition coefficient (Wildman–Crippen LogP) is 3.76. The number of amides is 1. The van der Waals surface area contributed by atoms with Crippen LogP contribution in [0.1, 0.15) is 5.56 Å². The molecule has 0 aliphatic carbocycles. The molecule has 0 bridgehead atoms. The van der Waals surface area contributed by atoms with Gasteiger partial charge in [-0.1, -0.05) is 30.3 Å². The van der Waals surface area contributed by atoms with Gasteiger partial charge in [0.15, 0.2) is 0 Å². The van der Waals surface area contributed by atoms with Gasteiger partial charge in [-0.05, 0) is 33.6 Å². The molecule has 2 rings (SSSR count). The van der Waals surface area contributed by atoms with Crippen LogP contribution in [0.3, 0.4) is 0 Å². The number of hydrogen-bond acceptors (Lipinski definition) is 3. The van der Waals surface area contributed by atoms with Crippen LogP contribution in [0, 0.1) is 5.95 Å². The number of ether oxygens (including phenoxy) is 1. The number of nitrogens with zero attached hydrogens (tertiary/aromatic N) is 2. The first-order chi connectivity index (χ1) is 9.58. The Morgan fingerprint density at radius 2 is 2.00 bits per heavy atom. The molecule has 0 aliphatic rings. The van der Waals surface area contributed by atoms with Crippen LogP contribution in [-0.4, -0.2) is 18.1 Å². The van der Waals surface area contributed by atoms with Crippen molar-refractivity contribution in [1.82, 2.24) is 4.98 Å². The van der Waals surface area contributed by atoms with Gasteiger partial charge >= 0.3 is 6.09 Å². The number of pyridine rings is 1. The van der Waals surface area contributed by atoms with Crippen LogP contribution in [0.25, 0.3) is 0 Å². The lowest BCUT2D eigenvalue weighted by molar-refractivity contribution is 0.148. The smallest absolute Gasteiger partial charge is 0.415 e. The lowest BCUT2D eigenvalue weighted by Gasteiger charge is -2.16. The number of halogens is 2. The summed E-state index contributed by atoms with van der Waals surface area (Å²) in [4.78, 5) is 16.7. The highest BCUT2D eigenvalue weighted by Gasteiger charge is 2.15. The quantitative estimate of drug-likeness (QED) is 0.800. The summed E-state index contributed by atoms with van der Waals surface area (Å²) in [7, 11) is 1.48. The van der Waals surface area contributed by atoms with Gasteiger partial charge in [0.2, 0.25) is 5.95 Å². The number of carbonyl (C=O) groups excluding carboxylic acids is 1. The van der Waals surface area contributed by atoms with Gasteiger partial charge in [0, 0.05) is 7.05 Å². The lowest BCUT2D eigenvalue weighted by atomic mass is 10.2. The van der Waals surface area contributed by atoms with Gasteiger partial charge in [-0.25, -0.2) is 9.78 Å². The van der Waals surface area contributed by atoms with Crippen LogP contribution in [-0.2, 0) is 11.3 Å². The van der Waals surface area contributed by atoms with Gasteiger partial charge in [-0.3, -0.25) is 4.90 Å². The molecule has 1 amide bonds. The summed E-state index contributed by atoms with van der Waals surface area (Å²) >= 11 is 3.00. The fraction of sp³-hybridized carbons (Fsp3) is 0.143. The predicted molar refractivity (Wildman–Crippen MR) is 76.9 cm³/mol. The molecule has 0 saturated heterocycles. The molecule has 0 radical (unpaired) electrons. The van der Waals surface area contributed by atoms with Crippen molar-refractivity contribution >= 4 is 27.8 Å². The molecule has 0 fully saturated rings. The Morgan fingerprint density at radius 3 is 2.65 bits per heavy atom. The molecule has 1 aromatic heterocycles. The maximum Gasteiger partial charge on any atom is 0.415 e. The van der Waals surface area contributed by atoms with Crippen LogP contribution in [0.15, 0.2) is 46.9 Å². The number of rotatable bonds is 3. The second kappa shape index (κ2) is 6.47. The third-order valence-corrected chi connectivity index (χ3v) is 3.20. The summed E-state index contributed by atoms with van der Waals surface area (Å²) in [5, 5.41) is 0. The summed E-state index contributed by atoms with van der Waals surface area (Å²) in [6.07, 6.45) is -0.594. The largest absolute Gasteiger partial charge is 0.444 e. The minimum Gasteiger partial charge on any atom is -0.444 e. The topological polar surface area (TPSA) is 42.4 Å². The highest BCUT2D eigenvalue weighted by Crippen LogP contribution is 2.18. The van der Waals surface area contributed by atoms with Crippen LogP contribution >= 0.6 is 15.9 Å². The Labute approximate surface area is 124 Å². The summed E-state index contributed by atoms with van der Waals surface area (Å²) < 4.78 is 18.7. The van der Waals surface area contributed by atoms with Gasteiger partial charge in [0.1, 0.15) is 12.4 Å². The molecule has 0 unspecified atom stereocenters. The zero-order valence-corrected chi connectivity index (χ0v) is 12.3. The molecule has 6 heteroatoms. The van der Waals surface area contributed by atoms with Crippen molar-refractivity contribution in [3.8, 4) is 0 Å². The minimum atomic E-state index is -0.676. The number of carbonyl (C=O) groups is 1. The highest BCUT2D eigenvalue weighted by atomic mass is 79.9. The first-order valence-electron chi connectivity index (χ1n) is 5.84. The third kappa shape index (κ3) is 3.54. The van der Waals surface area contributed by atoms with Crippen LogP contribution < -0.4 is 4.90 Å². The van der Waals surface area contributed by atoms with Crippen molar-refractivity contribution < 1.29 is 13.9 Å². The number of benzene rings is 1. The molecule has 0 aliphatic heterocycles. The highest BCUT2D eigenvalue weighted by molar-refractivity contribution is 9.10. The molecular weight excluding hydrogens is 327 g/mol. The minimum absolute atomic E-state index is 0.156. The SMILES string of the molecule is CN(C(=O)OCc1ccccc1)c1ccc(Br)c(F)n1. The molecule has 2 aromatic rings. The maximum absolute atomic E-state index is 13.3. The summed E-state index contributed by atoms with van der Waals surface area (Å²) in [6.45, 7) is 0.156. The van der Waals surface area contributed by atoms with E-state index in [-0.39, 0.29) is 16.9 Å². The standard InChI is InChI=1S/C14H12BrFN2O2/c1-18(12-8-7-11(15)13(16)17-12)14(19)20-9-10-5-3-2-4-6-10/h2-8H,9H2,1H3. The molecule has 0 N–H and O–H groups in total. The molecular formula is C14H12BrFN2O2. The zero-order valence-electron chi connectivity index (χ0n) is 10.7. The monoisotopic (exact) mass is 338 g/mol. The van der Waals surface area contributed by atoms with Crippen LogP contribution in [0.5, 0.6) is 0 Å². The Hall–Kier alpha value is -1.95. The number of anilines is 1. The van der Waals surface area contributed by atoms with Crippen molar-refractivity contribution in [2.45, 2.75) is 6.61 Å². The molecule has 0 atom stereocenters. The van der Waals surface area contributed by atoms with Crippen molar-refractivity contribution in [3.05, 3.63) is 58.4 Å². The Balaban J connectivity index is 1.99. The van der Waals surface area contributed by atoms with Crippen molar-refractivity contribution in [2.24, 2.45) is 0 Å². The second-order valence-corrected chi connectivity index (χ2v) is 4.90. The fourth-order valence-corrected chi connectivity index (χ4v) is 1.72. The number of hydrogen-bond donors (Lipinski definition) is 0. The second-order valence-electron chi connectivity index (χ2n) is 4.04. The van der Waals surface area contributed by atoms with Gasteiger partial charge in [0.05, 0.1) is 4.47 Å². The van der Waals surface area contributed by atoms with Crippen LogP contribution in [0.4, 0.5) is 15.0 Å². The van der Waals surface area contributed by atoms with Gasteiger partial charge in [0.25, 0.3) is 0 Å². The normalized spacial score (nSPS) is 10.2. The molecule has 4 nitrogen and oxygen atoms in total. The van der Waals surface area contributed by atoms with E-state index < -0.39 is 12.0 Å². The van der Waals surface area contributed by atoms with E-state index in [2.05, 4.69) is 20.9 Å². The molecule has 0 saturated carbocycles. The van der Waals surface area contributed by atoms with E-state index in [1.54, 1.807) is 0 Å². The first-order valence-corrected chi connectivity index (χ1v) is 6.63. The fourth-order valence-electron chi connectivity index (χ4n) is 1.50. The molecule has 20 heavy (non-hydrogen) atoms. The summed E-state index contributed by atoms with van der Waals surface area (Å²) in [5.74, 6) is -0.492. The van der Waals surface area contributed by atoms with Gasteiger partial charge in [-0.2, -0.15) is 4.39 Å². The average molecular weight is 339 g/mol.